The lowest BCUT2D eigenvalue weighted by atomic mass is 10.0. The van der Waals surface area contributed by atoms with Crippen molar-refractivity contribution in [3.05, 3.63) is 28.2 Å². The summed E-state index contributed by atoms with van der Waals surface area (Å²) in [4.78, 5) is 4.56. The van der Waals surface area contributed by atoms with Crippen LogP contribution < -0.4 is 0 Å². The molecule has 3 nitrogen and oxygen atoms in total. The van der Waals surface area contributed by atoms with Crippen LogP contribution >= 0.6 is 11.6 Å². The van der Waals surface area contributed by atoms with E-state index in [0.29, 0.717) is 11.8 Å². The van der Waals surface area contributed by atoms with Gasteiger partial charge in [-0.1, -0.05) is 25.4 Å². The second kappa shape index (κ2) is 3.70. The highest BCUT2D eigenvalue weighted by Gasteiger charge is 2.28. The number of fused-ring (bicyclic) bond motifs is 1. The summed E-state index contributed by atoms with van der Waals surface area (Å²) in [6.07, 6.45) is 2.43. The molecule has 0 saturated heterocycles. The van der Waals surface area contributed by atoms with Gasteiger partial charge >= 0.3 is 0 Å². The predicted molar refractivity (Wildman–Crippen MR) is 68.8 cm³/mol. The largest absolute Gasteiger partial charge is 0.212 e. The third kappa shape index (κ3) is 1.73. The molecule has 1 aliphatic rings. The molecule has 90 valence electrons. The Morgan fingerprint density at radius 2 is 2.12 bits per heavy atom. The predicted octanol–water partition coefficient (Wildman–Crippen LogP) is 3.69. The SMILES string of the molecule is Cc1cc2nc(C3CC3)nn2c(Cl)c1C(C)C. The summed E-state index contributed by atoms with van der Waals surface area (Å²) in [5, 5.41) is 5.25. The normalized spacial score (nSPS) is 16.1. The molecular weight excluding hydrogens is 234 g/mol. The molecule has 2 heterocycles. The Kier molecular flexibility index (Phi) is 2.40. The van der Waals surface area contributed by atoms with Crippen molar-refractivity contribution in [1.29, 1.82) is 0 Å². The van der Waals surface area contributed by atoms with Crippen LogP contribution in [0.4, 0.5) is 0 Å². The zero-order valence-corrected chi connectivity index (χ0v) is 11.1. The Labute approximate surface area is 106 Å². The highest BCUT2D eigenvalue weighted by molar-refractivity contribution is 6.30. The van der Waals surface area contributed by atoms with Gasteiger partial charge in [0.2, 0.25) is 0 Å². The lowest BCUT2D eigenvalue weighted by Gasteiger charge is -2.12. The van der Waals surface area contributed by atoms with Crippen LogP contribution in [0.5, 0.6) is 0 Å². The molecule has 0 aliphatic heterocycles. The molecule has 0 atom stereocenters. The van der Waals surface area contributed by atoms with Crippen molar-refractivity contribution in [2.75, 3.05) is 0 Å². The topological polar surface area (TPSA) is 30.2 Å². The lowest BCUT2D eigenvalue weighted by Crippen LogP contribution is -2.01. The van der Waals surface area contributed by atoms with Gasteiger partial charge in [-0.15, -0.1) is 5.10 Å². The van der Waals surface area contributed by atoms with Gasteiger partial charge in [-0.3, -0.25) is 0 Å². The summed E-state index contributed by atoms with van der Waals surface area (Å²) < 4.78 is 1.79. The molecule has 1 aliphatic carbocycles. The smallest absolute Gasteiger partial charge is 0.157 e. The van der Waals surface area contributed by atoms with E-state index in [2.05, 4.69) is 36.9 Å². The number of nitrogens with zero attached hydrogens (tertiary/aromatic N) is 3. The Morgan fingerprint density at radius 3 is 2.71 bits per heavy atom. The van der Waals surface area contributed by atoms with E-state index in [0.717, 1.165) is 16.6 Å². The van der Waals surface area contributed by atoms with Crippen molar-refractivity contribution < 1.29 is 0 Å². The van der Waals surface area contributed by atoms with Crippen molar-refractivity contribution in [2.24, 2.45) is 0 Å². The number of pyridine rings is 1. The number of halogens is 1. The van der Waals surface area contributed by atoms with Gasteiger partial charge in [0.15, 0.2) is 11.5 Å². The van der Waals surface area contributed by atoms with Crippen LogP contribution in [-0.2, 0) is 0 Å². The zero-order chi connectivity index (χ0) is 12.2. The van der Waals surface area contributed by atoms with E-state index < -0.39 is 0 Å². The van der Waals surface area contributed by atoms with E-state index >= 15 is 0 Å². The summed E-state index contributed by atoms with van der Waals surface area (Å²) >= 11 is 6.44. The van der Waals surface area contributed by atoms with Gasteiger partial charge in [-0.05, 0) is 42.9 Å². The average Bonchev–Trinajstić information content (AvgIpc) is 2.99. The molecule has 2 aromatic heterocycles. The first-order valence-corrected chi connectivity index (χ1v) is 6.51. The molecule has 0 amide bonds. The number of rotatable bonds is 2. The molecule has 0 radical (unpaired) electrons. The first-order chi connectivity index (χ1) is 8.08. The standard InChI is InChI=1S/C13H16ClN3/c1-7(2)11-8(3)6-10-15-13(9-4-5-9)16-17(10)12(11)14/h6-7,9H,4-5H2,1-3H3. The third-order valence-electron chi connectivity index (χ3n) is 3.35. The van der Waals surface area contributed by atoms with Gasteiger partial charge in [0.1, 0.15) is 5.15 Å². The summed E-state index contributed by atoms with van der Waals surface area (Å²) in [7, 11) is 0. The zero-order valence-electron chi connectivity index (χ0n) is 10.4. The molecule has 0 unspecified atom stereocenters. The van der Waals surface area contributed by atoms with Gasteiger partial charge < -0.3 is 0 Å². The maximum atomic E-state index is 6.44. The maximum absolute atomic E-state index is 6.44. The molecule has 0 spiro atoms. The molecule has 0 aromatic carbocycles. The van der Waals surface area contributed by atoms with Crippen LogP contribution in [0.3, 0.4) is 0 Å². The average molecular weight is 250 g/mol. The van der Waals surface area contributed by atoms with E-state index in [1.807, 2.05) is 0 Å². The van der Waals surface area contributed by atoms with Crippen LogP contribution in [0.2, 0.25) is 5.15 Å². The van der Waals surface area contributed by atoms with Crippen molar-refractivity contribution in [3.63, 3.8) is 0 Å². The van der Waals surface area contributed by atoms with E-state index in [4.69, 9.17) is 11.6 Å². The quantitative estimate of drug-likeness (QED) is 0.760. The highest BCUT2D eigenvalue weighted by Crippen LogP contribution is 2.39. The summed E-state index contributed by atoms with van der Waals surface area (Å²) in [5.74, 6) is 1.92. The Morgan fingerprint density at radius 1 is 1.41 bits per heavy atom. The second-order valence-corrected chi connectivity index (χ2v) is 5.56. The Balaban J connectivity index is 2.24. The van der Waals surface area contributed by atoms with Crippen molar-refractivity contribution in [2.45, 2.75) is 45.4 Å². The molecule has 0 bridgehead atoms. The number of hydrogen-bond donors (Lipinski definition) is 0. The van der Waals surface area contributed by atoms with Crippen LogP contribution in [0.1, 0.15) is 55.5 Å². The number of aromatic nitrogens is 3. The monoisotopic (exact) mass is 249 g/mol. The van der Waals surface area contributed by atoms with Gasteiger partial charge in [0.25, 0.3) is 0 Å². The van der Waals surface area contributed by atoms with Crippen molar-refractivity contribution in [3.8, 4) is 0 Å². The molecule has 17 heavy (non-hydrogen) atoms. The Hall–Kier alpha value is -1.09. The minimum absolute atomic E-state index is 0.403. The molecule has 0 N–H and O–H groups in total. The number of aryl methyl sites for hydroxylation is 1. The van der Waals surface area contributed by atoms with Gasteiger partial charge in [-0.2, -0.15) is 0 Å². The first-order valence-electron chi connectivity index (χ1n) is 6.13. The fourth-order valence-corrected chi connectivity index (χ4v) is 2.83. The van der Waals surface area contributed by atoms with Crippen LogP contribution in [0, 0.1) is 6.92 Å². The number of hydrogen-bond acceptors (Lipinski definition) is 2. The van der Waals surface area contributed by atoms with E-state index in [1.54, 1.807) is 4.52 Å². The Bertz CT molecular complexity index is 582. The third-order valence-corrected chi connectivity index (χ3v) is 3.71. The molecular formula is C13H16ClN3. The van der Waals surface area contributed by atoms with Crippen molar-refractivity contribution in [1.82, 2.24) is 14.6 Å². The second-order valence-electron chi connectivity index (χ2n) is 5.20. The first kappa shape index (κ1) is 11.0. The molecule has 4 heteroatoms. The molecule has 1 saturated carbocycles. The van der Waals surface area contributed by atoms with E-state index in [9.17, 15) is 0 Å². The minimum atomic E-state index is 0.403. The van der Waals surface area contributed by atoms with E-state index in [1.165, 1.54) is 24.0 Å². The molecule has 2 aromatic rings. The minimum Gasteiger partial charge on any atom is -0.212 e. The summed E-state index contributed by atoms with van der Waals surface area (Å²) in [5.41, 5.74) is 3.25. The summed E-state index contributed by atoms with van der Waals surface area (Å²) in [6, 6.07) is 2.08. The summed E-state index contributed by atoms with van der Waals surface area (Å²) in [6.45, 7) is 6.39. The molecule has 1 fully saturated rings. The maximum Gasteiger partial charge on any atom is 0.157 e. The van der Waals surface area contributed by atoms with Gasteiger partial charge in [-0.25, -0.2) is 9.50 Å². The van der Waals surface area contributed by atoms with Crippen LogP contribution in [0.25, 0.3) is 5.65 Å². The fourth-order valence-electron chi connectivity index (χ4n) is 2.33. The van der Waals surface area contributed by atoms with Crippen LogP contribution in [-0.4, -0.2) is 14.6 Å². The van der Waals surface area contributed by atoms with E-state index in [-0.39, 0.29) is 0 Å². The van der Waals surface area contributed by atoms with Gasteiger partial charge in [0.05, 0.1) is 0 Å². The lowest BCUT2D eigenvalue weighted by molar-refractivity contribution is 0.815. The molecule has 3 rings (SSSR count). The van der Waals surface area contributed by atoms with Gasteiger partial charge in [0, 0.05) is 5.92 Å². The fraction of sp³-hybridized carbons (Fsp3) is 0.538. The highest BCUT2D eigenvalue weighted by atomic mass is 35.5. The van der Waals surface area contributed by atoms with Crippen LogP contribution in [0.15, 0.2) is 6.07 Å². The van der Waals surface area contributed by atoms with Crippen molar-refractivity contribution >= 4 is 17.2 Å².